The molecular weight excluding hydrogens is 436 g/mol. The van der Waals surface area contributed by atoms with Gasteiger partial charge in [-0.1, -0.05) is 73.9 Å². The molecule has 0 saturated heterocycles. The molecule has 3 nitrogen and oxygen atoms in total. The van der Waals surface area contributed by atoms with Crippen molar-refractivity contribution in [3.63, 3.8) is 0 Å². The molecule has 0 unspecified atom stereocenters. The number of hydrogen-bond acceptors (Lipinski definition) is 4. The van der Waals surface area contributed by atoms with Gasteiger partial charge in [0.15, 0.2) is 0 Å². The summed E-state index contributed by atoms with van der Waals surface area (Å²) < 4.78 is 5.93. The molecule has 0 spiro atoms. The number of nitriles is 1. The lowest BCUT2D eigenvalue weighted by Gasteiger charge is -2.22. The van der Waals surface area contributed by atoms with E-state index in [9.17, 15) is 5.26 Å². The summed E-state index contributed by atoms with van der Waals surface area (Å²) in [6.07, 6.45) is 8.52. The van der Waals surface area contributed by atoms with Crippen LogP contribution in [0.2, 0.25) is 0 Å². The first-order valence-electron chi connectivity index (χ1n) is 11.8. The van der Waals surface area contributed by atoms with Crippen molar-refractivity contribution < 1.29 is 4.74 Å². The van der Waals surface area contributed by atoms with E-state index in [0.29, 0.717) is 11.5 Å². The zero-order valence-electron chi connectivity index (χ0n) is 19.0. The number of ether oxygens (including phenoxy) is 1. The van der Waals surface area contributed by atoms with Crippen LogP contribution in [0.15, 0.2) is 84.2 Å². The summed E-state index contributed by atoms with van der Waals surface area (Å²) in [7, 11) is 0. The SMILES string of the molecule is N#CC(=Cc1cccc(Oc2ccccc2)c1)c1nc(-c2ccc(C3CCCCC3)cc2)cs1. The Morgan fingerprint density at radius 1 is 0.912 bits per heavy atom. The minimum absolute atomic E-state index is 0.548. The van der Waals surface area contributed by atoms with Crippen molar-refractivity contribution in [3.05, 3.63) is 100 Å². The van der Waals surface area contributed by atoms with Gasteiger partial charge in [0.2, 0.25) is 0 Å². The molecule has 1 aliphatic carbocycles. The van der Waals surface area contributed by atoms with Gasteiger partial charge in [0.05, 0.1) is 11.3 Å². The van der Waals surface area contributed by atoms with Crippen LogP contribution in [-0.4, -0.2) is 4.98 Å². The fourth-order valence-corrected chi connectivity index (χ4v) is 5.29. The van der Waals surface area contributed by atoms with Gasteiger partial charge in [-0.15, -0.1) is 11.3 Å². The van der Waals surface area contributed by atoms with E-state index in [0.717, 1.165) is 33.3 Å². The molecule has 0 N–H and O–H groups in total. The third-order valence-corrected chi connectivity index (χ3v) is 7.16. The van der Waals surface area contributed by atoms with Crippen LogP contribution in [0.5, 0.6) is 11.5 Å². The Hall–Kier alpha value is -3.68. The van der Waals surface area contributed by atoms with E-state index < -0.39 is 0 Å². The first-order chi connectivity index (χ1) is 16.8. The average molecular weight is 463 g/mol. The van der Waals surface area contributed by atoms with Crippen LogP contribution in [0.4, 0.5) is 0 Å². The molecule has 1 saturated carbocycles. The monoisotopic (exact) mass is 462 g/mol. The minimum Gasteiger partial charge on any atom is -0.457 e. The van der Waals surface area contributed by atoms with Gasteiger partial charge < -0.3 is 4.74 Å². The molecule has 1 aromatic heterocycles. The molecule has 1 fully saturated rings. The lowest BCUT2D eigenvalue weighted by molar-refractivity contribution is 0.443. The van der Waals surface area contributed by atoms with Crippen LogP contribution in [0.25, 0.3) is 22.9 Å². The van der Waals surface area contributed by atoms with Gasteiger partial charge >= 0.3 is 0 Å². The standard InChI is InChI=1S/C30H26N2OS/c31-20-26(18-22-8-7-13-28(19-22)33-27-11-5-2-6-12-27)30-32-29(21-34-30)25-16-14-24(15-17-25)23-9-3-1-4-10-23/h2,5-8,11-19,21,23H,1,3-4,9-10H2. The van der Waals surface area contributed by atoms with Gasteiger partial charge in [-0.25, -0.2) is 4.98 Å². The summed E-state index contributed by atoms with van der Waals surface area (Å²) in [5.41, 5.74) is 4.90. The summed E-state index contributed by atoms with van der Waals surface area (Å²) in [6, 6.07) is 28.6. The molecule has 0 radical (unpaired) electrons. The van der Waals surface area contributed by atoms with E-state index >= 15 is 0 Å². The summed E-state index contributed by atoms with van der Waals surface area (Å²) in [6.45, 7) is 0. The first-order valence-corrected chi connectivity index (χ1v) is 12.7. The summed E-state index contributed by atoms with van der Waals surface area (Å²) in [4.78, 5) is 4.78. The zero-order valence-corrected chi connectivity index (χ0v) is 19.8. The molecule has 168 valence electrons. The molecule has 3 aromatic carbocycles. The Labute approximate surface area is 205 Å². The quantitative estimate of drug-likeness (QED) is 0.269. The van der Waals surface area contributed by atoms with Crippen molar-refractivity contribution >= 4 is 23.0 Å². The molecule has 0 aliphatic heterocycles. The van der Waals surface area contributed by atoms with Crippen LogP contribution >= 0.6 is 11.3 Å². The maximum Gasteiger partial charge on any atom is 0.134 e. The number of thiazole rings is 1. The van der Waals surface area contributed by atoms with Crippen LogP contribution in [-0.2, 0) is 0 Å². The number of rotatable bonds is 6. The van der Waals surface area contributed by atoms with Gasteiger partial charge in [-0.2, -0.15) is 5.26 Å². The van der Waals surface area contributed by atoms with Crippen molar-refractivity contribution in [1.29, 1.82) is 5.26 Å². The van der Waals surface area contributed by atoms with Crippen molar-refractivity contribution in [2.45, 2.75) is 38.0 Å². The van der Waals surface area contributed by atoms with Crippen molar-refractivity contribution in [3.8, 4) is 28.8 Å². The van der Waals surface area contributed by atoms with Crippen LogP contribution in [0.1, 0.15) is 54.2 Å². The van der Waals surface area contributed by atoms with E-state index in [-0.39, 0.29) is 0 Å². The molecule has 34 heavy (non-hydrogen) atoms. The van der Waals surface area contributed by atoms with Crippen molar-refractivity contribution in [2.75, 3.05) is 0 Å². The number of benzene rings is 3. The number of para-hydroxylation sites is 1. The van der Waals surface area contributed by atoms with Gasteiger partial charge in [-0.3, -0.25) is 0 Å². The number of aromatic nitrogens is 1. The Balaban J connectivity index is 1.33. The third kappa shape index (κ3) is 5.27. The Morgan fingerprint density at radius 3 is 2.44 bits per heavy atom. The second-order valence-electron chi connectivity index (χ2n) is 8.65. The topological polar surface area (TPSA) is 45.9 Å². The fraction of sp³-hybridized carbons (Fsp3) is 0.200. The summed E-state index contributed by atoms with van der Waals surface area (Å²) in [5.74, 6) is 2.21. The lowest BCUT2D eigenvalue weighted by Crippen LogP contribution is -2.04. The molecular formula is C30H26N2OS. The number of hydrogen-bond donors (Lipinski definition) is 0. The van der Waals surface area contributed by atoms with E-state index in [4.69, 9.17) is 9.72 Å². The van der Waals surface area contributed by atoms with Crippen LogP contribution in [0.3, 0.4) is 0 Å². The highest BCUT2D eigenvalue weighted by Gasteiger charge is 2.16. The highest BCUT2D eigenvalue weighted by atomic mass is 32.1. The highest BCUT2D eigenvalue weighted by molar-refractivity contribution is 7.11. The van der Waals surface area contributed by atoms with E-state index in [1.165, 1.54) is 49.0 Å². The third-order valence-electron chi connectivity index (χ3n) is 6.29. The molecule has 0 atom stereocenters. The number of nitrogens with zero attached hydrogens (tertiary/aromatic N) is 2. The Morgan fingerprint density at radius 2 is 1.68 bits per heavy atom. The average Bonchev–Trinajstić information content (AvgIpc) is 3.39. The van der Waals surface area contributed by atoms with E-state index in [1.807, 2.05) is 66.1 Å². The smallest absolute Gasteiger partial charge is 0.134 e. The summed E-state index contributed by atoms with van der Waals surface area (Å²) >= 11 is 1.50. The predicted octanol–water partition coefficient (Wildman–Crippen LogP) is 8.71. The van der Waals surface area contributed by atoms with Gasteiger partial charge in [0.1, 0.15) is 22.6 Å². The first kappa shape index (κ1) is 22.1. The molecule has 0 amide bonds. The predicted molar refractivity (Wildman–Crippen MR) is 140 cm³/mol. The minimum atomic E-state index is 0.548. The summed E-state index contributed by atoms with van der Waals surface area (Å²) in [5, 5.41) is 12.6. The maximum absolute atomic E-state index is 9.82. The molecule has 4 heteroatoms. The Kier molecular flexibility index (Phi) is 6.84. The largest absolute Gasteiger partial charge is 0.457 e. The van der Waals surface area contributed by atoms with Gasteiger partial charge in [-0.05, 0) is 60.2 Å². The zero-order chi connectivity index (χ0) is 23.2. The Bertz CT molecular complexity index is 1310. The molecule has 5 rings (SSSR count). The molecule has 0 bridgehead atoms. The molecule has 1 heterocycles. The van der Waals surface area contributed by atoms with Crippen molar-refractivity contribution in [1.82, 2.24) is 4.98 Å². The van der Waals surface area contributed by atoms with E-state index in [2.05, 4.69) is 30.3 Å². The highest BCUT2D eigenvalue weighted by Crippen LogP contribution is 2.34. The maximum atomic E-state index is 9.82. The molecule has 1 aliphatic rings. The van der Waals surface area contributed by atoms with Crippen LogP contribution < -0.4 is 4.74 Å². The van der Waals surface area contributed by atoms with Gasteiger partial charge in [0.25, 0.3) is 0 Å². The second-order valence-corrected chi connectivity index (χ2v) is 9.51. The normalized spacial score (nSPS) is 14.5. The number of allylic oxidation sites excluding steroid dienone is 1. The lowest BCUT2D eigenvalue weighted by atomic mass is 9.84. The molecule has 4 aromatic rings. The fourth-order valence-electron chi connectivity index (χ4n) is 4.49. The van der Waals surface area contributed by atoms with Crippen LogP contribution in [0, 0.1) is 11.3 Å². The van der Waals surface area contributed by atoms with Crippen molar-refractivity contribution in [2.24, 2.45) is 0 Å². The van der Waals surface area contributed by atoms with E-state index in [1.54, 1.807) is 0 Å². The second kappa shape index (κ2) is 10.5. The van der Waals surface area contributed by atoms with Gasteiger partial charge in [0, 0.05) is 10.9 Å².